The van der Waals surface area contributed by atoms with Gasteiger partial charge in [-0.15, -0.1) is 0 Å². The molecule has 14 heavy (non-hydrogen) atoms. The van der Waals surface area contributed by atoms with E-state index in [1.165, 1.54) is 0 Å². The number of hydrogen-bond donors (Lipinski definition) is 2. The second kappa shape index (κ2) is 4.23. The summed E-state index contributed by atoms with van der Waals surface area (Å²) in [5, 5.41) is 7.10. The SMILES string of the molecule is CCNC(C)(Cn1cccn1)C(N)=O. The minimum Gasteiger partial charge on any atom is -0.368 e. The van der Waals surface area contributed by atoms with Crippen LogP contribution in [-0.2, 0) is 11.3 Å². The van der Waals surface area contributed by atoms with Gasteiger partial charge in [0.25, 0.3) is 0 Å². The first kappa shape index (κ1) is 10.7. The molecule has 1 rings (SSSR count). The fourth-order valence-electron chi connectivity index (χ4n) is 1.33. The van der Waals surface area contributed by atoms with E-state index in [1.54, 1.807) is 24.0 Å². The summed E-state index contributed by atoms with van der Waals surface area (Å²) in [6.07, 6.45) is 3.48. The van der Waals surface area contributed by atoms with Crippen LogP contribution in [0.1, 0.15) is 13.8 Å². The van der Waals surface area contributed by atoms with Gasteiger partial charge >= 0.3 is 0 Å². The molecule has 1 atom stereocenters. The number of primary amides is 1. The summed E-state index contributed by atoms with van der Waals surface area (Å²) in [5.74, 6) is -0.366. The van der Waals surface area contributed by atoms with Crippen molar-refractivity contribution in [2.24, 2.45) is 5.73 Å². The van der Waals surface area contributed by atoms with Crippen LogP contribution in [0.25, 0.3) is 0 Å². The van der Waals surface area contributed by atoms with Gasteiger partial charge in [0.1, 0.15) is 5.54 Å². The molecule has 0 spiro atoms. The Morgan fingerprint density at radius 1 is 1.71 bits per heavy atom. The Labute approximate surface area is 83.3 Å². The summed E-state index contributed by atoms with van der Waals surface area (Å²) in [6, 6.07) is 1.81. The third-order valence-corrected chi connectivity index (χ3v) is 2.15. The molecule has 0 radical (unpaired) electrons. The van der Waals surface area contributed by atoms with Gasteiger partial charge in [0, 0.05) is 12.4 Å². The Morgan fingerprint density at radius 3 is 2.86 bits per heavy atom. The minimum absolute atomic E-state index is 0.366. The summed E-state index contributed by atoms with van der Waals surface area (Å²) in [5.41, 5.74) is 4.60. The van der Waals surface area contributed by atoms with Crippen LogP contribution in [0.15, 0.2) is 18.5 Å². The van der Waals surface area contributed by atoms with Crippen LogP contribution in [0, 0.1) is 0 Å². The van der Waals surface area contributed by atoms with Gasteiger partial charge in [-0.25, -0.2) is 0 Å². The normalized spacial score (nSPS) is 15.0. The topological polar surface area (TPSA) is 72.9 Å². The molecular formula is C9H16N4O. The Kier molecular flexibility index (Phi) is 3.24. The molecule has 0 saturated carbocycles. The zero-order valence-corrected chi connectivity index (χ0v) is 8.53. The predicted molar refractivity (Wildman–Crippen MR) is 53.5 cm³/mol. The lowest BCUT2D eigenvalue weighted by Crippen LogP contribution is -2.55. The van der Waals surface area contributed by atoms with Crippen LogP contribution in [0.5, 0.6) is 0 Å². The average molecular weight is 196 g/mol. The highest BCUT2D eigenvalue weighted by molar-refractivity contribution is 5.84. The van der Waals surface area contributed by atoms with Crippen LogP contribution >= 0.6 is 0 Å². The molecule has 1 unspecified atom stereocenters. The molecule has 3 N–H and O–H groups in total. The molecule has 1 heterocycles. The van der Waals surface area contributed by atoms with Crippen molar-refractivity contribution in [1.82, 2.24) is 15.1 Å². The largest absolute Gasteiger partial charge is 0.368 e. The van der Waals surface area contributed by atoms with Crippen LogP contribution in [0.3, 0.4) is 0 Å². The lowest BCUT2D eigenvalue weighted by Gasteiger charge is -2.26. The predicted octanol–water partition coefficient (Wildman–Crippen LogP) is -0.263. The first-order valence-electron chi connectivity index (χ1n) is 4.61. The second-order valence-electron chi connectivity index (χ2n) is 3.43. The summed E-state index contributed by atoms with van der Waals surface area (Å²) < 4.78 is 1.69. The molecule has 1 amide bonds. The van der Waals surface area contributed by atoms with Crippen LogP contribution in [0.2, 0.25) is 0 Å². The highest BCUT2D eigenvalue weighted by Crippen LogP contribution is 2.05. The molecule has 0 aliphatic heterocycles. The summed E-state index contributed by atoms with van der Waals surface area (Å²) in [7, 11) is 0. The van der Waals surface area contributed by atoms with Gasteiger partial charge in [0.2, 0.25) is 5.91 Å². The molecular weight excluding hydrogens is 180 g/mol. The summed E-state index contributed by atoms with van der Waals surface area (Å²) in [6.45, 7) is 4.86. The molecule has 5 heteroatoms. The molecule has 0 aliphatic rings. The van der Waals surface area contributed by atoms with Gasteiger partial charge in [-0.2, -0.15) is 5.10 Å². The maximum Gasteiger partial charge on any atom is 0.239 e. The number of aromatic nitrogens is 2. The van der Waals surface area contributed by atoms with E-state index in [1.807, 2.05) is 13.0 Å². The van der Waals surface area contributed by atoms with Gasteiger partial charge in [-0.05, 0) is 19.5 Å². The molecule has 0 aromatic carbocycles. The number of rotatable bonds is 5. The van der Waals surface area contributed by atoms with E-state index in [0.29, 0.717) is 13.1 Å². The highest BCUT2D eigenvalue weighted by Gasteiger charge is 2.30. The van der Waals surface area contributed by atoms with E-state index in [2.05, 4.69) is 10.4 Å². The molecule has 5 nitrogen and oxygen atoms in total. The Morgan fingerprint density at radius 2 is 2.43 bits per heavy atom. The van der Waals surface area contributed by atoms with E-state index in [-0.39, 0.29) is 5.91 Å². The number of nitrogens with one attached hydrogen (secondary N) is 1. The standard InChI is InChI=1S/C9H16N4O/c1-3-11-9(2,8(10)14)7-13-6-4-5-12-13/h4-6,11H,3,7H2,1-2H3,(H2,10,14). The van der Waals surface area contributed by atoms with E-state index in [0.717, 1.165) is 0 Å². The number of carbonyl (C=O) groups is 1. The number of hydrogen-bond acceptors (Lipinski definition) is 3. The van der Waals surface area contributed by atoms with Crippen molar-refractivity contribution in [3.63, 3.8) is 0 Å². The van der Waals surface area contributed by atoms with E-state index >= 15 is 0 Å². The summed E-state index contributed by atoms with van der Waals surface area (Å²) >= 11 is 0. The van der Waals surface area contributed by atoms with Crippen LogP contribution in [-0.4, -0.2) is 27.8 Å². The van der Waals surface area contributed by atoms with Gasteiger partial charge in [0.15, 0.2) is 0 Å². The second-order valence-corrected chi connectivity index (χ2v) is 3.43. The van der Waals surface area contributed by atoms with E-state index in [4.69, 9.17) is 5.73 Å². The number of amides is 1. The molecule has 0 aliphatic carbocycles. The fraction of sp³-hybridized carbons (Fsp3) is 0.556. The number of nitrogens with two attached hydrogens (primary N) is 1. The lowest BCUT2D eigenvalue weighted by molar-refractivity contribution is -0.124. The van der Waals surface area contributed by atoms with Gasteiger partial charge in [-0.3, -0.25) is 9.48 Å². The Bertz CT molecular complexity index is 296. The van der Waals surface area contributed by atoms with Crippen molar-refractivity contribution >= 4 is 5.91 Å². The van der Waals surface area contributed by atoms with E-state index in [9.17, 15) is 4.79 Å². The Hall–Kier alpha value is -1.36. The highest BCUT2D eigenvalue weighted by atomic mass is 16.1. The smallest absolute Gasteiger partial charge is 0.239 e. The molecule has 78 valence electrons. The first-order valence-corrected chi connectivity index (χ1v) is 4.61. The molecule has 1 aromatic heterocycles. The monoisotopic (exact) mass is 196 g/mol. The third kappa shape index (κ3) is 2.32. The van der Waals surface area contributed by atoms with Crippen molar-refractivity contribution in [1.29, 1.82) is 0 Å². The number of nitrogens with zero attached hydrogens (tertiary/aromatic N) is 2. The summed E-state index contributed by atoms with van der Waals surface area (Å²) in [4.78, 5) is 11.3. The van der Waals surface area contributed by atoms with Crippen molar-refractivity contribution in [2.75, 3.05) is 6.54 Å². The number of likely N-dealkylation sites (N-methyl/N-ethyl adjacent to an activating group) is 1. The van der Waals surface area contributed by atoms with Gasteiger partial charge in [0.05, 0.1) is 6.54 Å². The molecule has 1 aromatic rings. The average Bonchev–Trinajstić information content (AvgIpc) is 2.56. The maximum absolute atomic E-state index is 11.3. The Balaban J connectivity index is 2.74. The quantitative estimate of drug-likeness (QED) is 0.681. The molecule has 0 fully saturated rings. The van der Waals surface area contributed by atoms with Crippen LogP contribution in [0.4, 0.5) is 0 Å². The van der Waals surface area contributed by atoms with Gasteiger partial charge < -0.3 is 11.1 Å². The molecule has 0 bridgehead atoms. The maximum atomic E-state index is 11.3. The van der Waals surface area contributed by atoms with E-state index < -0.39 is 5.54 Å². The van der Waals surface area contributed by atoms with Crippen molar-refractivity contribution in [3.8, 4) is 0 Å². The zero-order chi connectivity index (χ0) is 10.6. The van der Waals surface area contributed by atoms with Crippen molar-refractivity contribution in [3.05, 3.63) is 18.5 Å². The molecule has 0 saturated heterocycles. The fourth-order valence-corrected chi connectivity index (χ4v) is 1.33. The van der Waals surface area contributed by atoms with Gasteiger partial charge in [-0.1, -0.05) is 6.92 Å². The number of carbonyl (C=O) groups excluding carboxylic acids is 1. The lowest BCUT2D eigenvalue weighted by atomic mass is 10.0. The first-order chi connectivity index (χ1) is 6.58. The van der Waals surface area contributed by atoms with Crippen molar-refractivity contribution in [2.45, 2.75) is 25.9 Å². The minimum atomic E-state index is -0.735. The van der Waals surface area contributed by atoms with Crippen molar-refractivity contribution < 1.29 is 4.79 Å². The third-order valence-electron chi connectivity index (χ3n) is 2.15. The zero-order valence-electron chi connectivity index (χ0n) is 8.53. The van der Waals surface area contributed by atoms with Crippen LogP contribution < -0.4 is 11.1 Å².